The number of amides is 1. The van der Waals surface area contributed by atoms with Gasteiger partial charge in [0.25, 0.3) is 11.7 Å². The molecule has 0 aromatic heterocycles. The highest BCUT2D eigenvalue weighted by molar-refractivity contribution is 6.53. The Kier molecular flexibility index (Phi) is 2.60. The molecule has 108 valence electrons. The molecule has 5 nitrogen and oxygen atoms in total. The van der Waals surface area contributed by atoms with Gasteiger partial charge in [-0.2, -0.15) is 0 Å². The van der Waals surface area contributed by atoms with Crippen LogP contribution in [0, 0.1) is 0 Å². The molecule has 0 saturated heterocycles. The Morgan fingerprint density at radius 1 is 1.19 bits per heavy atom. The lowest BCUT2D eigenvalue weighted by molar-refractivity contribution is -0.131. The van der Waals surface area contributed by atoms with Crippen LogP contribution in [0.4, 0.5) is 5.69 Å². The number of carbonyl (C=O) groups is 3. The Morgan fingerprint density at radius 3 is 2.43 bits per heavy atom. The average molecular weight is 285 g/mol. The average Bonchev–Trinajstić information content (AvgIpc) is 2.60. The van der Waals surface area contributed by atoms with Crippen molar-refractivity contribution in [2.24, 2.45) is 0 Å². The maximum absolute atomic E-state index is 12.3. The van der Waals surface area contributed by atoms with Crippen LogP contribution in [-0.2, 0) is 9.59 Å². The van der Waals surface area contributed by atoms with Crippen molar-refractivity contribution in [2.75, 3.05) is 4.90 Å². The summed E-state index contributed by atoms with van der Waals surface area (Å²) in [5, 5.41) is 0. The summed E-state index contributed by atoms with van der Waals surface area (Å²) < 4.78 is 5.08. The minimum atomic E-state index is -0.559. The van der Waals surface area contributed by atoms with E-state index in [1.54, 1.807) is 6.07 Å². The largest absolute Gasteiger partial charge is 0.427 e. The summed E-state index contributed by atoms with van der Waals surface area (Å²) in [6.45, 7) is 6.99. The van der Waals surface area contributed by atoms with Crippen LogP contribution >= 0.6 is 0 Å². The zero-order valence-corrected chi connectivity index (χ0v) is 12.3. The molecule has 0 spiro atoms. The first-order valence-electron chi connectivity index (χ1n) is 6.67. The summed E-state index contributed by atoms with van der Waals surface area (Å²) in [7, 11) is 0. The molecule has 1 aromatic carbocycles. The van der Waals surface area contributed by atoms with Crippen LogP contribution in [0.2, 0.25) is 0 Å². The van der Waals surface area contributed by atoms with E-state index >= 15 is 0 Å². The van der Waals surface area contributed by atoms with E-state index in [2.05, 4.69) is 0 Å². The first-order chi connectivity index (χ1) is 9.72. The van der Waals surface area contributed by atoms with Gasteiger partial charge in [-0.15, -0.1) is 0 Å². The van der Waals surface area contributed by atoms with E-state index in [0.29, 0.717) is 11.3 Å². The topological polar surface area (TPSA) is 63.7 Å². The molecule has 1 aromatic rings. The molecule has 0 unspecified atom stereocenters. The number of rotatable bonds is 1. The van der Waals surface area contributed by atoms with Crippen molar-refractivity contribution >= 4 is 28.9 Å². The second kappa shape index (κ2) is 4.04. The molecule has 0 radical (unpaired) electrons. The van der Waals surface area contributed by atoms with Gasteiger partial charge in [-0.25, -0.2) is 0 Å². The third-order valence-electron chi connectivity index (χ3n) is 3.78. The number of ether oxygens (including phenoxy) is 1. The van der Waals surface area contributed by atoms with Crippen LogP contribution in [0.15, 0.2) is 18.2 Å². The molecule has 3 rings (SSSR count). The number of allylic oxidation sites excluding steroid dienone is 1. The fourth-order valence-corrected chi connectivity index (χ4v) is 3.09. The lowest BCUT2D eigenvalue weighted by Crippen LogP contribution is -2.47. The van der Waals surface area contributed by atoms with Crippen molar-refractivity contribution in [3.05, 3.63) is 29.3 Å². The van der Waals surface area contributed by atoms with Crippen molar-refractivity contribution < 1.29 is 19.1 Å². The molecule has 2 aliphatic heterocycles. The normalized spacial score (nSPS) is 18.5. The number of ketones is 1. The van der Waals surface area contributed by atoms with E-state index in [1.165, 1.54) is 17.9 Å². The number of Topliss-reactive ketones (excluding diaryl/α,β-unsaturated/α-hetero) is 1. The Balaban J connectivity index is 2.29. The van der Waals surface area contributed by atoms with E-state index in [-0.39, 0.29) is 5.75 Å². The molecule has 0 bridgehead atoms. The SMILES string of the molecule is CC(=O)Oc1cc2c3c(c1)C(C)=CC(C)(C)N3C(=O)C2=O. The molecular formula is C16H15NO4. The van der Waals surface area contributed by atoms with E-state index in [1.807, 2.05) is 26.8 Å². The van der Waals surface area contributed by atoms with Gasteiger partial charge in [0.1, 0.15) is 5.75 Å². The zero-order chi connectivity index (χ0) is 15.5. The van der Waals surface area contributed by atoms with Crippen LogP contribution in [0.1, 0.15) is 43.6 Å². The molecule has 2 aliphatic rings. The van der Waals surface area contributed by atoms with Gasteiger partial charge >= 0.3 is 5.97 Å². The quantitative estimate of drug-likeness (QED) is 0.451. The minimum Gasteiger partial charge on any atom is -0.427 e. The predicted molar refractivity (Wildman–Crippen MR) is 77.3 cm³/mol. The van der Waals surface area contributed by atoms with Crippen molar-refractivity contribution in [3.8, 4) is 5.75 Å². The number of nitrogens with zero attached hydrogens (tertiary/aromatic N) is 1. The van der Waals surface area contributed by atoms with Crippen LogP contribution in [0.5, 0.6) is 5.75 Å². The second-order valence-electron chi connectivity index (χ2n) is 5.91. The molecule has 0 fully saturated rings. The summed E-state index contributed by atoms with van der Waals surface area (Å²) >= 11 is 0. The third-order valence-corrected chi connectivity index (χ3v) is 3.78. The molecule has 0 saturated carbocycles. The van der Waals surface area contributed by atoms with Gasteiger partial charge in [0, 0.05) is 12.5 Å². The maximum atomic E-state index is 12.3. The van der Waals surface area contributed by atoms with Gasteiger partial charge in [0.2, 0.25) is 0 Å². The monoisotopic (exact) mass is 285 g/mol. The van der Waals surface area contributed by atoms with Crippen molar-refractivity contribution in [2.45, 2.75) is 33.2 Å². The van der Waals surface area contributed by atoms with Crippen molar-refractivity contribution in [1.29, 1.82) is 0 Å². The predicted octanol–water partition coefficient (Wildman–Crippen LogP) is 2.34. The molecule has 5 heteroatoms. The summed E-state index contributed by atoms with van der Waals surface area (Å²) in [6, 6.07) is 3.16. The van der Waals surface area contributed by atoms with Crippen molar-refractivity contribution in [3.63, 3.8) is 0 Å². The standard InChI is InChI=1S/C16H15NO4/c1-8-7-16(3,4)17-13-11(8)5-10(21-9(2)18)6-12(13)14(19)15(17)20/h5-7H,1-4H3. The Hall–Kier alpha value is -2.43. The summed E-state index contributed by atoms with van der Waals surface area (Å²) in [5.74, 6) is -1.28. The molecule has 0 aliphatic carbocycles. The second-order valence-corrected chi connectivity index (χ2v) is 5.91. The van der Waals surface area contributed by atoms with Gasteiger partial charge in [-0.1, -0.05) is 6.08 Å². The van der Waals surface area contributed by atoms with E-state index in [9.17, 15) is 14.4 Å². The third kappa shape index (κ3) is 1.81. The molecule has 2 heterocycles. The Morgan fingerprint density at radius 2 is 1.81 bits per heavy atom. The summed E-state index contributed by atoms with van der Waals surface area (Å²) in [4.78, 5) is 37.1. The number of hydrogen-bond acceptors (Lipinski definition) is 4. The zero-order valence-electron chi connectivity index (χ0n) is 12.3. The lowest BCUT2D eigenvalue weighted by atomic mass is 9.89. The van der Waals surface area contributed by atoms with Gasteiger partial charge in [0.05, 0.1) is 16.8 Å². The van der Waals surface area contributed by atoms with Gasteiger partial charge < -0.3 is 4.74 Å². The van der Waals surface area contributed by atoms with Gasteiger partial charge in [0.15, 0.2) is 0 Å². The smallest absolute Gasteiger partial charge is 0.308 e. The lowest BCUT2D eigenvalue weighted by Gasteiger charge is -2.38. The first kappa shape index (κ1) is 13.5. The minimum absolute atomic E-state index is 0.284. The van der Waals surface area contributed by atoms with Crippen LogP contribution in [0.25, 0.3) is 5.57 Å². The molecular weight excluding hydrogens is 270 g/mol. The van der Waals surface area contributed by atoms with Crippen LogP contribution < -0.4 is 9.64 Å². The molecule has 21 heavy (non-hydrogen) atoms. The molecule has 1 amide bonds. The van der Waals surface area contributed by atoms with Gasteiger partial charge in [-0.3, -0.25) is 19.3 Å². The van der Waals surface area contributed by atoms with Crippen molar-refractivity contribution in [1.82, 2.24) is 0 Å². The fourth-order valence-electron chi connectivity index (χ4n) is 3.09. The molecule has 0 N–H and O–H groups in total. The first-order valence-corrected chi connectivity index (χ1v) is 6.67. The highest BCUT2D eigenvalue weighted by Gasteiger charge is 2.46. The highest BCUT2D eigenvalue weighted by Crippen LogP contribution is 2.46. The number of hydrogen-bond donors (Lipinski definition) is 0. The van der Waals surface area contributed by atoms with Gasteiger partial charge in [-0.05, 0) is 38.5 Å². The fraction of sp³-hybridized carbons (Fsp3) is 0.312. The maximum Gasteiger partial charge on any atom is 0.308 e. The Labute approximate surface area is 122 Å². The number of benzene rings is 1. The highest BCUT2D eigenvalue weighted by atomic mass is 16.5. The molecule has 0 atom stereocenters. The van der Waals surface area contributed by atoms with Crippen LogP contribution in [-0.4, -0.2) is 23.2 Å². The number of anilines is 1. The van der Waals surface area contributed by atoms with E-state index < -0.39 is 23.2 Å². The summed E-state index contributed by atoms with van der Waals surface area (Å²) in [5.41, 5.74) is 2.06. The Bertz CT molecular complexity index is 743. The summed E-state index contributed by atoms with van der Waals surface area (Å²) in [6.07, 6.45) is 1.94. The van der Waals surface area contributed by atoms with E-state index in [0.717, 1.165) is 11.1 Å². The number of carbonyl (C=O) groups excluding carboxylic acids is 3. The number of esters is 1. The van der Waals surface area contributed by atoms with E-state index in [4.69, 9.17) is 4.74 Å². The van der Waals surface area contributed by atoms with Crippen LogP contribution in [0.3, 0.4) is 0 Å².